The Bertz CT molecular complexity index is 207. The standard InChI is InChI=1S/C4H9ClFNO3S/c1-2-3(6)4(5)7-11(8,9)10/h3-4,7H,2H2,1H3,(H,8,9,10). The van der Waals surface area contributed by atoms with Gasteiger partial charge in [0.25, 0.3) is 0 Å². The van der Waals surface area contributed by atoms with Gasteiger partial charge in [0.2, 0.25) is 0 Å². The summed E-state index contributed by atoms with van der Waals surface area (Å²) in [5.74, 6) is 0. The van der Waals surface area contributed by atoms with E-state index in [0.717, 1.165) is 0 Å². The summed E-state index contributed by atoms with van der Waals surface area (Å²) in [6.07, 6.45) is -1.42. The van der Waals surface area contributed by atoms with Crippen LogP contribution < -0.4 is 4.72 Å². The lowest BCUT2D eigenvalue weighted by Crippen LogP contribution is -2.36. The third-order valence-electron chi connectivity index (χ3n) is 0.969. The molecule has 0 amide bonds. The molecule has 0 rings (SSSR count). The van der Waals surface area contributed by atoms with Crippen molar-refractivity contribution >= 4 is 21.9 Å². The number of rotatable bonds is 4. The molecule has 0 heterocycles. The van der Waals surface area contributed by atoms with Crippen LogP contribution in [0, 0.1) is 0 Å². The van der Waals surface area contributed by atoms with Gasteiger partial charge in [-0.25, -0.2) is 4.39 Å². The second-order valence-electron chi connectivity index (χ2n) is 1.92. The molecule has 0 aliphatic rings. The second-order valence-corrected chi connectivity index (χ2v) is 3.57. The SMILES string of the molecule is CCC(F)C(Cl)NS(=O)(=O)O. The van der Waals surface area contributed by atoms with E-state index in [2.05, 4.69) is 0 Å². The van der Waals surface area contributed by atoms with E-state index in [9.17, 15) is 12.8 Å². The van der Waals surface area contributed by atoms with Crippen molar-refractivity contribution in [3.63, 3.8) is 0 Å². The van der Waals surface area contributed by atoms with Crippen LogP contribution in [-0.4, -0.2) is 24.6 Å². The molecule has 0 aromatic heterocycles. The zero-order valence-corrected chi connectivity index (χ0v) is 7.36. The van der Waals surface area contributed by atoms with E-state index in [1.807, 2.05) is 0 Å². The van der Waals surface area contributed by atoms with Crippen LogP contribution in [-0.2, 0) is 10.3 Å². The Labute approximate surface area is 69.6 Å². The molecule has 0 radical (unpaired) electrons. The summed E-state index contributed by atoms with van der Waals surface area (Å²) >= 11 is 5.19. The zero-order valence-electron chi connectivity index (χ0n) is 5.79. The molecule has 0 aliphatic carbocycles. The zero-order chi connectivity index (χ0) is 9.07. The maximum Gasteiger partial charge on any atom is 0.334 e. The number of halogens is 2. The third kappa shape index (κ3) is 5.37. The molecule has 2 N–H and O–H groups in total. The Morgan fingerprint density at radius 2 is 2.18 bits per heavy atom. The van der Waals surface area contributed by atoms with Gasteiger partial charge in [-0.3, -0.25) is 4.55 Å². The Kier molecular flexibility index (Phi) is 4.23. The highest BCUT2D eigenvalue weighted by Gasteiger charge is 2.20. The molecule has 11 heavy (non-hydrogen) atoms. The fourth-order valence-corrected chi connectivity index (χ4v) is 1.37. The summed E-state index contributed by atoms with van der Waals surface area (Å²) in [5, 5.41) is 0. The Morgan fingerprint density at radius 3 is 2.45 bits per heavy atom. The minimum absolute atomic E-state index is 0.0800. The number of nitrogens with one attached hydrogen (secondary N) is 1. The second kappa shape index (κ2) is 4.20. The van der Waals surface area contributed by atoms with Crippen LogP contribution in [0.15, 0.2) is 0 Å². The molecule has 2 unspecified atom stereocenters. The fourth-order valence-electron chi connectivity index (χ4n) is 0.423. The molecule has 0 spiro atoms. The average Bonchev–Trinajstić information content (AvgIpc) is 1.82. The van der Waals surface area contributed by atoms with Crippen molar-refractivity contribution < 1.29 is 17.4 Å². The molecule has 0 aromatic carbocycles. The summed E-state index contributed by atoms with van der Waals surface area (Å²) in [6.45, 7) is 1.51. The highest BCUT2D eigenvalue weighted by Crippen LogP contribution is 2.08. The number of alkyl halides is 2. The van der Waals surface area contributed by atoms with Crippen molar-refractivity contribution in [2.24, 2.45) is 0 Å². The molecule has 0 saturated carbocycles. The van der Waals surface area contributed by atoms with Gasteiger partial charge in [0.15, 0.2) is 0 Å². The van der Waals surface area contributed by atoms with Crippen LogP contribution in [0.3, 0.4) is 0 Å². The van der Waals surface area contributed by atoms with E-state index < -0.39 is 22.0 Å². The smallest absolute Gasteiger partial charge is 0.273 e. The quantitative estimate of drug-likeness (QED) is 0.403. The first-order chi connectivity index (χ1) is 4.87. The van der Waals surface area contributed by atoms with E-state index in [1.54, 1.807) is 0 Å². The molecule has 0 saturated heterocycles. The maximum atomic E-state index is 12.5. The van der Waals surface area contributed by atoms with Gasteiger partial charge in [-0.2, -0.15) is 13.1 Å². The van der Waals surface area contributed by atoms with Crippen LogP contribution in [0.25, 0.3) is 0 Å². The lowest BCUT2D eigenvalue weighted by atomic mass is 10.3. The van der Waals surface area contributed by atoms with Gasteiger partial charge in [0.1, 0.15) is 11.7 Å². The van der Waals surface area contributed by atoms with Crippen molar-refractivity contribution in [3.05, 3.63) is 0 Å². The summed E-state index contributed by atoms with van der Waals surface area (Å²) in [4.78, 5) is 0. The van der Waals surface area contributed by atoms with E-state index >= 15 is 0 Å². The Balaban J connectivity index is 3.98. The van der Waals surface area contributed by atoms with Crippen LogP contribution in [0.4, 0.5) is 4.39 Å². The number of hydrogen-bond donors (Lipinski definition) is 2. The van der Waals surface area contributed by atoms with Gasteiger partial charge in [0.05, 0.1) is 0 Å². The first kappa shape index (κ1) is 11.1. The van der Waals surface area contributed by atoms with Crippen molar-refractivity contribution in [2.45, 2.75) is 25.0 Å². The van der Waals surface area contributed by atoms with Crippen molar-refractivity contribution in [2.75, 3.05) is 0 Å². The first-order valence-electron chi connectivity index (χ1n) is 2.89. The largest absolute Gasteiger partial charge is 0.334 e. The third-order valence-corrected chi connectivity index (χ3v) is 2.03. The molecule has 68 valence electrons. The van der Waals surface area contributed by atoms with Crippen LogP contribution in [0.1, 0.15) is 13.3 Å². The molecular formula is C4H9ClFNO3S. The molecule has 0 bridgehead atoms. The van der Waals surface area contributed by atoms with Gasteiger partial charge in [-0.1, -0.05) is 6.92 Å². The lowest BCUT2D eigenvalue weighted by Gasteiger charge is -2.11. The van der Waals surface area contributed by atoms with Crippen LogP contribution in [0.5, 0.6) is 0 Å². The van der Waals surface area contributed by atoms with Crippen molar-refractivity contribution in [1.29, 1.82) is 0 Å². The predicted molar refractivity (Wildman–Crippen MR) is 39.5 cm³/mol. The summed E-state index contributed by atoms with van der Waals surface area (Å²) in [6, 6.07) is 0. The van der Waals surface area contributed by atoms with Gasteiger partial charge in [-0.05, 0) is 6.42 Å². The highest BCUT2D eigenvalue weighted by atomic mass is 35.5. The maximum absolute atomic E-state index is 12.5. The van der Waals surface area contributed by atoms with Crippen LogP contribution in [0.2, 0.25) is 0 Å². The van der Waals surface area contributed by atoms with Crippen LogP contribution >= 0.6 is 11.6 Å². The summed E-state index contributed by atoms with van der Waals surface area (Å²) < 4.78 is 42.2. The van der Waals surface area contributed by atoms with E-state index in [-0.39, 0.29) is 6.42 Å². The minimum Gasteiger partial charge on any atom is -0.273 e. The first-order valence-corrected chi connectivity index (χ1v) is 4.77. The molecule has 7 heteroatoms. The fraction of sp³-hybridized carbons (Fsp3) is 1.00. The van der Waals surface area contributed by atoms with Gasteiger partial charge >= 0.3 is 10.3 Å². The van der Waals surface area contributed by atoms with E-state index in [4.69, 9.17) is 16.2 Å². The lowest BCUT2D eigenvalue weighted by molar-refractivity contribution is 0.300. The normalized spacial score (nSPS) is 17.8. The van der Waals surface area contributed by atoms with Crippen molar-refractivity contribution in [3.8, 4) is 0 Å². The predicted octanol–water partition coefficient (Wildman–Crippen LogP) is 0.692. The monoisotopic (exact) mass is 205 g/mol. The Morgan fingerprint density at radius 1 is 1.73 bits per heavy atom. The average molecular weight is 206 g/mol. The number of hydrogen-bond acceptors (Lipinski definition) is 2. The molecule has 0 aromatic rings. The summed E-state index contributed by atoms with van der Waals surface area (Å²) in [7, 11) is -4.40. The van der Waals surface area contributed by atoms with E-state index in [1.165, 1.54) is 11.6 Å². The highest BCUT2D eigenvalue weighted by molar-refractivity contribution is 7.83. The van der Waals surface area contributed by atoms with Gasteiger partial charge in [-0.15, -0.1) is 11.6 Å². The minimum atomic E-state index is -4.40. The molecule has 4 nitrogen and oxygen atoms in total. The molecule has 0 aliphatic heterocycles. The van der Waals surface area contributed by atoms with Crippen molar-refractivity contribution in [1.82, 2.24) is 4.72 Å². The van der Waals surface area contributed by atoms with E-state index in [0.29, 0.717) is 0 Å². The molecule has 0 fully saturated rings. The molecule has 2 atom stereocenters. The Hall–Kier alpha value is 0.0900. The van der Waals surface area contributed by atoms with Gasteiger partial charge in [0, 0.05) is 0 Å². The topological polar surface area (TPSA) is 66.4 Å². The summed E-state index contributed by atoms with van der Waals surface area (Å²) in [5.41, 5.74) is -1.41. The van der Waals surface area contributed by atoms with Gasteiger partial charge < -0.3 is 0 Å². The molecular weight excluding hydrogens is 197 g/mol.